The van der Waals surface area contributed by atoms with E-state index >= 15 is 0 Å². The van der Waals surface area contributed by atoms with Crippen LogP contribution in [0.5, 0.6) is 0 Å². The number of ketones is 1. The van der Waals surface area contributed by atoms with E-state index in [0.29, 0.717) is 0 Å². The van der Waals surface area contributed by atoms with Crippen LogP contribution in [0, 0.1) is 5.41 Å². The molecule has 0 saturated heterocycles. The van der Waals surface area contributed by atoms with Crippen LogP contribution >= 0.6 is 0 Å². The monoisotopic (exact) mass is 223 g/mol. The summed E-state index contributed by atoms with van der Waals surface area (Å²) >= 11 is 0. The van der Waals surface area contributed by atoms with Gasteiger partial charge >= 0.3 is 0 Å². The summed E-state index contributed by atoms with van der Waals surface area (Å²) in [6.45, 7) is 16.0. The van der Waals surface area contributed by atoms with Gasteiger partial charge in [-0.25, -0.2) is 0 Å². The van der Waals surface area contributed by atoms with Gasteiger partial charge in [-0.2, -0.15) is 0 Å². The summed E-state index contributed by atoms with van der Waals surface area (Å²) in [6.07, 6.45) is 4.21. The third-order valence-corrected chi connectivity index (χ3v) is 2.52. The second-order valence-corrected chi connectivity index (χ2v) is 5.84. The third kappa shape index (κ3) is 5.74. The Kier molecular flexibility index (Phi) is 4.98. The van der Waals surface area contributed by atoms with Crippen LogP contribution in [0.15, 0.2) is 24.4 Å². The molecule has 0 aliphatic heterocycles. The molecule has 16 heavy (non-hydrogen) atoms. The molecule has 2 heteroatoms. The Labute approximate surface area is 99.8 Å². The van der Waals surface area contributed by atoms with Gasteiger partial charge in [0.05, 0.1) is 0 Å². The lowest BCUT2D eigenvalue weighted by Gasteiger charge is -2.22. The van der Waals surface area contributed by atoms with Crippen molar-refractivity contribution in [2.75, 3.05) is 0 Å². The van der Waals surface area contributed by atoms with E-state index in [9.17, 15) is 4.79 Å². The van der Waals surface area contributed by atoms with Gasteiger partial charge in [0.1, 0.15) is 0 Å². The fraction of sp³-hybridized carbons (Fsp3) is 0.643. The van der Waals surface area contributed by atoms with Gasteiger partial charge < -0.3 is 5.32 Å². The second-order valence-electron chi connectivity index (χ2n) is 5.84. The average molecular weight is 223 g/mol. The first-order valence-electron chi connectivity index (χ1n) is 5.78. The van der Waals surface area contributed by atoms with Crippen molar-refractivity contribution in [3.8, 4) is 0 Å². The Morgan fingerprint density at radius 3 is 2.06 bits per heavy atom. The molecule has 1 N–H and O–H groups in total. The third-order valence-electron chi connectivity index (χ3n) is 2.52. The Balaban J connectivity index is 4.41. The predicted octanol–water partition coefficient (Wildman–Crippen LogP) is 3.45. The van der Waals surface area contributed by atoms with Crippen molar-refractivity contribution in [1.29, 1.82) is 0 Å². The molecule has 0 bridgehead atoms. The normalized spacial score (nSPS) is 12.9. The molecule has 0 aromatic heterocycles. The van der Waals surface area contributed by atoms with E-state index in [1.54, 1.807) is 12.2 Å². The van der Waals surface area contributed by atoms with Gasteiger partial charge in [-0.3, -0.25) is 4.79 Å². The molecule has 0 aliphatic rings. The molecule has 0 fully saturated rings. The maximum Gasteiger partial charge on any atom is 0.161 e. The van der Waals surface area contributed by atoms with Crippen LogP contribution in [0.2, 0.25) is 0 Å². The standard InChI is InChI=1S/C14H25NO/c1-8-14(6,7)12(16)10-9-11(2)15-13(3,4)5/h9-10,15H,2,8H2,1,3-7H3. The number of rotatable bonds is 5. The molecular formula is C14H25NO. The Bertz CT molecular complexity index is 292. The van der Waals surface area contributed by atoms with Crippen molar-refractivity contribution in [2.45, 2.75) is 53.5 Å². The Hall–Kier alpha value is -1.05. The topological polar surface area (TPSA) is 29.1 Å². The summed E-state index contributed by atoms with van der Waals surface area (Å²) in [5, 5.41) is 3.21. The first-order chi connectivity index (χ1) is 7.08. The largest absolute Gasteiger partial charge is 0.381 e. The molecule has 0 rings (SSSR count). The van der Waals surface area contributed by atoms with Gasteiger partial charge in [-0.15, -0.1) is 0 Å². The van der Waals surface area contributed by atoms with Gasteiger partial charge in [0.15, 0.2) is 5.78 Å². The molecule has 0 radical (unpaired) electrons. The zero-order chi connectivity index (χ0) is 13.0. The fourth-order valence-corrected chi connectivity index (χ4v) is 1.10. The fourth-order valence-electron chi connectivity index (χ4n) is 1.10. The molecule has 0 saturated carbocycles. The summed E-state index contributed by atoms with van der Waals surface area (Å²) in [4.78, 5) is 11.8. The van der Waals surface area contributed by atoms with Crippen molar-refractivity contribution in [1.82, 2.24) is 5.32 Å². The van der Waals surface area contributed by atoms with Crippen molar-refractivity contribution >= 4 is 5.78 Å². The van der Waals surface area contributed by atoms with Crippen LogP contribution in [0.1, 0.15) is 48.0 Å². The minimum Gasteiger partial charge on any atom is -0.381 e. The lowest BCUT2D eigenvalue weighted by Crippen LogP contribution is -2.34. The van der Waals surface area contributed by atoms with E-state index in [1.165, 1.54) is 0 Å². The number of carbonyl (C=O) groups is 1. The first kappa shape index (κ1) is 14.9. The van der Waals surface area contributed by atoms with Crippen molar-refractivity contribution in [3.05, 3.63) is 24.4 Å². The predicted molar refractivity (Wildman–Crippen MR) is 70.2 cm³/mol. The van der Waals surface area contributed by atoms with E-state index in [4.69, 9.17) is 0 Å². The summed E-state index contributed by atoms with van der Waals surface area (Å²) in [5.74, 6) is 0.145. The molecule has 0 spiro atoms. The molecule has 0 aromatic carbocycles. The van der Waals surface area contributed by atoms with Gasteiger partial charge in [0, 0.05) is 16.7 Å². The maximum absolute atomic E-state index is 11.8. The zero-order valence-corrected chi connectivity index (χ0v) is 11.5. The van der Waals surface area contributed by atoms with Crippen LogP contribution in [0.3, 0.4) is 0 Å². The number of hydrogen-bond acceptors (Lipinski definition) is 2. The van der Waals surface area contributed by atoms with Crippen LogP contribution in [-0.4, -0.2) is 11.3 Å². The number of carbonyl (C=O) groups excluding carboxylic acids is 1. The molecular weight excluding hydrogens is 198 g/mol. The minimum atomic E-state index is -0.279. The molecule has 0 amide bonds. The summed E-state index contributed by atoms with van der Waals surface area (Å²) < 4.78 is 0. The highest BCUT2D eigenvalue weighted by Crippen LogP contribution is 2.21. The highest BCUT2D eigenvalue weighted by Gasteiger charge is 2.22. The molecule has 0 aromatic rings. The highest BCUT2D eigenvalue weighted by atomic mass is 16.1. The Morgan fingerprint density at radius 2 is 1.69 bits per heavy atom. The minimum absolute atomic E-state index is 0.0231. The summed E-state index contributed by atoms with van der Waals surface area (Å²) in [6, 6.07) is 0. The zero-order valence-electron chi connectivity index (χ0n) is 11.5. The number of allylic oxidation sites excluding steroid dienone is 2. The van der Waals surface area contributed by atoms with E-state index < -0.39 is 0 Å². The van der Waals surface area contributed by atoms with E-state index in [-0.39, 0.29) is 16.7 Å². The van der Waals surface area contributed by atoms with Gasteiger partial charge in [-0.05, 0) is 39.3 Å². The highest BCUT2D eigenvalue weighted by molar-refractivity contribution is 5.94. The number of nitrogens with one attached hydrogen (secondary N) is 1. The second kappa shape index (κ2) is 5.33. The lowest BCUT2D eigenvalue weighted by atomic mass is 9.85. The van der Waals surface area contributed by atoms with Crippen molar-refractivity contribution in [3.63, 3.8) is 0 Å². The van der Waals surface area contributed by atoms with Crippen molar-refractivity contribution in [2.24, 2.45) is 5.41 Å². The number of hydrogen-bond donors (Lipinski definition) is 1. The molecule has 0 aliphatic carbocycles. The van der Waals surface area contributed by atoms with Gasteiger partial charge in [-0.1, -0.05) is 27.4 Å². The molecule has 92 valence electrons. The van der Waals surface area contributed by atoms with Gasteiger partial charge in [0.2, 0.25) is 0 Å². The molecule has 0 atom stereocenters. The van der Waals surface area contributed by atoms with Crippen LogP contribution in [0.25, 0.3) is 0 Å². The molecule has 0 unspecified atom stereocenters. The van der Waals surface area contributed by atoms with E-state index in [0.717, 1.165) is 12.1 Å². The maximum atomic E-state index is 11.8. The molecule has 2 nitrogen and oxygen atoms in total. The van der Waals surface area contributed by atoms with Crippen LogP contribution < -0.4 is 5.32 Å². The summed E-state index contributed by atoms with van der Waals surface area (Å²) in [5.41, 5.74) is 0.469. The van der Waals surface area contributed by atoms with E-state index in [1.807, 2.05) is 20.8 Å². The summed E-state index contributed by atoms with van der Waals surface area (Å²) in [7, 11) is 0. The van der Waals surface area contributed by atoms with Gasteiger partial charge in [0.25, 0.3) is 0 Å². The quantitative estimate of drug-likeness (QED) is 0.571. The smallest absolute Gasteiger partial charge is 0.161 e. The molecule has 0 heterocycles. The first-order valence-corrected chi connectivity index (χ1v) is 5.78. The van der Waals surface area contributed by atoms with E-state index in [2.05, 4.69) is 32.7 Å². The average Bonchev–Trinajstić information content (AvgIpc) is 2.11. The van der Waals surface area contributed by atoms with Crippen molar-refractivity contribution < 1.29 is 4.79 Å². The lowest BCUT2D eigenvalue weighted by molar-refractivity contribution is -0.122. The Morgan fingerprint density at radius 1 is 1.19 bits per heavy atom. The van der Waals surface area contributed by atoms with Crippen LogP contribution in [0.4, 0.5) is 0 Å². The van der Waals surface area contributed by atoms with Crippen LogP contribution in [-0.2, 0) is 4.79 Å². The SMILES string of the molecule is C=C(C=CC(=O)C(C)(C)CC)NC(C)(C)C.